The van der Waals surface area contributed by atoms with Gasteiger partial charge >= 0.3 is 0 Å². The zero-order chi connectivity index (χ0) is 11.3. The largest absolute Gasteiger partial charge is 0.276 e. The third kappa shape index (κ3) is 0.990. The van der Waals surface area contributed by atoms with Crippen molar-refractivity contribution in [1.29, 1.82) is 0 Å². The van der Waals surface area contributed by atoms with Crippen molar-refractivity contribution in [2.75, 3.05) is 0 Å². The zero-order valence-corrected chi connectivity index (χ0v) is 9.45. The van der Waals surface area contributed by atoms with Gasteiger partial charge in [-0.3, -0.25) is 9.36 Å². The Hall–Kier alpha value is -1.83. The molecule has 80 valence electrons. The quantitative estimate of drug-likeness (QED) is 0.707. The van der Waals surface area contributed by atoms with Gasteiger partial charge in [-0.2, -0.15) is 0 Å². The van der Waals surface area contributed by atoms with Crippen molar-refractivity contribution in [3.8, 4) is 0 Å². The van der Waals surface area contributed by atoms with Crippen LogP contribution in [-0.4, -0.2) is 10.5 Å². The Morgan fingerprint density at radius 2 is 2.00 bits per heavy atom. The molecule has 3 rings (SSSR count). The monoisotopic (exact) mass is 211 g/mol. The molecule has 0 fully saturated rings. The molecular formula is C14H13NO. The Labute approximate surface area is 94.2 Å². The highest BCUT2D eigenvalue weighted by molar-refractivity contribution is 6.13. The number of benzene rings is 1. The lowest BCUT2D eigenvalue weighted by atomic mass is 10.1. The topological polar surface area (TPSA) is 22.0 Å². The highest BCUT2D eigenvalue weighted by atomic mass is 16.2. The highest BCUT2D eigenvalue weighted by Gasteiger charge is 2.27. The standard InChI is InChI=1S/C14H13NO/c1-3-11-9(2)13-8-10-6-4-5-7-12(10)15(13)14(11)16/h4-8H,3H2,1-2H3. The molecule has 0 radical (unpaired) electrons. The lowest BCUT2D eigenvalue weighted by molar-refractivity contribution is 0.0963. The van der Waals surface area contributed by atoms with Crippen LogP contribution in [0.4, 0.5) is 0 Å². The maximum absolute atomic E-state index is 12.2. The van der Waals surface area contributed by atoms with Crippen LogP contribution in [0.15, 0.2) is 35.9 Å². The molecule has 1 aromatic heterocycles. The van der Waals surface area contributed by atoms with Gasteiger partial charge in [0.05, 0.1) is 11.2 Å². The van der Waals surface area contributed by atoms with E-state index in [0.29, 0.717) is 0 Å². The van der Waals surface area contributed by atoms with E-state index in [1.807, 2.05) is 42.7 Å². The minimum absolute atomic E-state index is 0.149. The lowest BCUT2D eigenvalue weighted by Crippen LogP contribution is -2.07. The van der Waals surface area contributed by atoms with Gasteiger partial charge in [0.15, 0.2) is 0 Å². The normalized spacial score (nSPS) is 15.0. The molecule has 1 aromatic carbocycles. The van der Waals surface area contributed by atoms with Gasteiger partial charge in [-0.15, -0.1) is 0 Å². The molecule has 1 aliphatic rings. The van der Waals surface area contributed by atoms with E-state index in [1.165, 1.54) is 0 Å². The van der Waals surface area contributed by atoms with Crippen LogP contribution in [0.2, 0.25) is 0 Å². The number of hydrogen-bond donors (Lipinski definition) is 0. The van der Waals surface area contributed by atoms with Crippen LogP contribution in [0.25, 0.3) is 16.5 Å². The second-order valence-electron chi connectivity index (χ2n) is 4.19. The van der Waals surface area contributed by atoms with E-state index < -0.39 is 0 Å². The summed E-state index contributed by atoms with van der Waals surface area (Å²) >= 11 is 0. The summed E-state index contributed by atoms with van der Waals surface area (Å²) in [5, 5.41) is 1.14. The van der Waals surface area contributed by atoms with Gasteiger partial charge in [-0.25, -0.2) is 0 Å². The number of carbonyl (C=O) groups excluding carboxylic acids is 1. The van der Waals surface area contributed by atoms with Crippen molar-refractivity contribution >= 4 is 22.4 Å². The van der Waals surface area contributed by atoms with Crippen LogP contribution in [-0.2, 0) is 0 Å². The Bertz CT molecular complexity index is 631. The van der Waals surface area contributed by atoms with Gasteiger partial charge in [-0.1, -0.05) is 25.1 Å². The summed E-state index contributed by atoms with van der Waals surface area (Å²) in [6, 6.07) is 10.1. The molecule has 0 bridgehead atoms. The summed E-state index contributed by atoms with van der Waals surface area (Å²) in [5.41, 5.74) is 4.15. The zero-order valence-electron chi connectivity index (χ0n) is 9.45. The first kappa shape index (κ1) is 9.40. The Kier molecular flexibility index (Phi) is 1.81. The van der Waals surface area contributed by atoms with E-state index >= 15 is 0 Å². The van der Waals surface area contributed by atoms with Crippen molar-refractivity contribution < 1.29 is 4.79 Å². The number of carbonyl (C=O) groups is 1. The Morgan fingerprint density at radius 1 is 1.25 bits per heavy atom. The van der Waals surface area contributed by atoms with Crippen LogP contribution in [0.3, 0.4) is 0 Å². The molecule has 1 aliphatic heterocycles. The van der Waals surface area contributed by atoms with Gasteiger partial charge in [0, 0.05) is 11.0 Å². The molecule has 2 heteroatoms. The third-order valence-electron chi connectivity index (χ3n) is 3.36. The van der Waals surface area contributed by atoms with E-state index in [2.05, 4.69) is 6.07 Å². The van der Waals surface area contributed by atoms with Gasteiger partial charge < -0.3 is 0 Å². The fraction of sp³-hybridized carbons (Fsp3) is 0.214. The first-order chi connectivity index (χ1) is 7.74. The van der Waals surface area contributed by atoms with Crippen molar-refractivity contribution in [3.05, 3.63) is 41.6 Å². The summed E-state index contributed by atoms with van der Waals surface area (Å²) in [6.45, 7) is 4.07. The molecule has 16 heavy (non-hydrogen) atoms. The van der Waals surface area contributed by atoms with Crippen molar-refractivity contribution in [3.63, 3.8) is 0 Å². The minimum Gasteiger partial charge on any atom is -0.276 e. The van der Waals surface area contributed by atoms with Crippen molar-refractivity contribution in [1.82, 2.24) is 4.57 Å². The number of allylic oxidation sites excluding steroid dienone is 2. The lowest BCUT2D eigenvalue weighted by Gasteiger charge is -2.00. The second kappa shape index (κ2) is 3.08. The molecular weight excluding hydrogens is 198 g/mol. The summed E-state index contributed by atoms with van der Waals surface area (Å²) < 4.78 is 1.84. The van der Waals surface area contributed by atoms with Gasteiger partial charge in [-0.05, 0) is 31.1 Å². The second-order valence-corrected chi connectivity index (χ2v) is 4.19. The van der Waals surface area contributed by atoms with Crippen LogP contribution in [0, 0.1) is 0 Å². The molecule has 0 amide bonds. The molecule has 0 aliphatic carbocycles. The van der Waals surface area contributed by atoms with Gasteiger partial charge in [0.2, 0.25) is 0 Å². The molecule has 0 unspecified atom stereocenters. The minimum atomic E-state index is 0.149. The van der Waals surface area contributed by atoms with E-state index in [4.69, 9.17) is 0 Å². The van der Waals surface area contributed by atoms with Crippen LogP contribution >= 0.6 is 0 Å². The maximum atomic E-state index is 12.2. The average Bonchev–Trinajstić information content (AvgIpc) is 2.77. The number of aromatic nitrogens is 1. The summed E-state index contributed by atoms with van der Waals surface area (Å²) in [7, 11) is 0. The van der Waals surface area contributed by atoms with Crippen LogP contribution in [0.1, 0.15) is 30.8 Å². The van der Waals surface area contributed by atoms with Crippen molar-refractivity contribution in [2.24, 2.45) is 0 Å². The number of hydrogen-bond acceptors (Lipinski definition) is 1. The van der Waals surface area contributed by atoms with Gasteiger partial charge in [0.25, 0.3) is 5.91 Å². The SMILES string of the molecule is CCC1=C(C)c2cc3ccccc3n2C1=O. The van der Waals surface area contributed by atoms with E-state index in [9.17, 15) is 4.79 Å². The fourth-order valence-corrected chi connectivity index (χ4v) is 2.52. The Balaban J connectivity index is 2.38. The maximum Gasteiger partial charge on any atom is 0.259 e. The van der Waals surface area contributed by atoms with Crippen LogP contribution in [0.5, 0.6) is 0 Å². The molecule has 0 saturated carbocycles. The van der Waals surface area contributed by atoms with E-state index in [0.717, 1.165) is 34.2 Å². The number of fused-ring (bicyclic) bond motifs is 3. The molecule has 0 spiro atoms. The highest BCUT2D eigenvalue weighted by Crippen LogP contribution is 2.34. The summed E-state index contributed by atoms with van der Waals surface area (Å²) in [5.74, 6) is 0.149. The average molecular weight is 211 g/mol. The molecule has 0 atom stereocenters. The summed E-state index contributed by atoms with van der Waals surface area (Å²) in [4.78, 5) is 12.2. The summed E-state index contributed by atoms with van der Waals surface area (Å²) in [6.07, 6.45) is 0.806. The van der Waals surface area contributed by atoms with Crippen LogP contribution < -0.4 is 0 Å². The van der Waals surface area contributed by atoms with Gasteiger partial charge in [0.1, 0.15) is 0 Å². The number of rotatable bonds is 1. The van der Waals surface area contributed by atoms with E-state index in [-0.39, 0.29) is 5.91 Å². The molecule has 2 heterocycles. The first-order valence-electron chi connectivity index (χ1n) is 5.59. The first-order valence-corrected chi connectivity index (χ1v) is 5.59. The molecule has 2 aromatic rings. The fourth-order valence-electron chi connectivity index (χ4n) is 2.52. The number of nitrogens with zero attached hydrogens (tertiary/aromatic N) is 1. The smallest absolute Gasteiger partial charge is 0.259 e. The molecule has 0 N–H and O–H groups in total. The Morgan fingerprint density at radius 3 is 2.75 bits per heavy atom. The number of para-hydroxylation sites is 1. The predicted molar refractivity (Wildman–Crippen MR) is 65.4 cm³/mol. The van der Waals surface area contributed by atoms with Crippen molar-refractivity contribution in [2.45, 2.75) is 20.3 Å². The van der Waals surface area contributed by atoms with E-state index in [1.54, 1.807) is 0 Å². The molecule has 2 nitrogen and oxygen atoms in total. The predicted octanol–water partition coefficient (Wildman–Crippen LogP) is 3.48. The molecule has 0 saturated heterocycles. The third-order valence-corrected chi connectivity index (χ3v) is 3.36.